The van der Waals surface area contributed by atoms with E-state index in [-0.39, 0.29) is 6.03 Å². The maximum atomic E-state index is 12.3. The van der Waals surface area contributed by atoms with E-state index in [9.17, 15) is 4.79 Å². The maximum absolute atomic E-state index is 12.3. The summed E-state index contributed by atoms with van der Waals surface area (Å²) in [6.45, 7) is 7.92. The summed E-state index contributed by atoms with van der Waals surface area (Å²) < 4.78 is 0. The first-order valence-corrected chi connectivity index (χ1v) is 9.93. The molecule has 6 nitrogen and oxygen atoms in total. The summed E-state index contributed by atoms with van der Waals surface area (Å²) >= 11 is 0. The smallest absolute Gasteiger partial charge is 0.308 e. The lowest BCUT2D eigenvalue weighted by Gasteiger charge is -2.13. The Bertz CT molecular complexity index is 1270. The number of carbonyl (C=O) groups excluding carboxylic acids is 1. The number of aliphatic imine (C=N–C) groups is 1. The molecule has 2 heterocycles. The van der Waals surface area contributed by atoms with E-state index < -0.39 is 0 Å². The Morgan fingerprint density at radius 2 is 1.56 bits per heavy atom. The Morgan fingerprint density at radius 3 is 2.31 bits per heavy atom. The van der Waals surface area contributed by atoms with Gasteiger partial charge in [0.05, 0.1) is 17.6 Å². The quantitative estimate of drug-likeness (QED) is 0.366. The number of nitrogens with one attached hydrogen (secondary N) is 2. The van der Waals surface area contributed by atoms with Crippen molar-refractivity contribution >= 4 is 35.4 Å². The second-order valence-corrected chi connectivity index (χ2v) is 7.01. The van der Waals surface area contributed by atoms with Gasteiger partial charge in [0.2, 0.25) is 0 Å². The highest BCUT2D eigenvalue weighted by Crippen LogP contribution is 2.34. The van der Waals surface area contributed by atoms with Crippen LogP contribution in [0.4, 0.5) is 21.9 Å². The number of urea groups is 1. The number of amides is 2. The van der Waals surface area contributed by atoms with Crippen molar-refractivity contribution in [2.45, 2.75) is 0 Å². The van der Waals surface area contributed by atoms with Gasteiger partial charge in [0.1, 0.15) is 0 Å². The fourth-order valence-electron chi connectivity index (χ4n) is 3.28. The highest BCUT2D eigenvalue weighted by Gasteiger charge is 2.11. The molecular formula is C26H21N5O. The fraction of sp³-hybridized carbons (Fsp3) is 0. The van der Waals surface area contributed by atoms with Crippen LogP contribution in [0.3, 0.4) is 0 Å². The zero-order valence-electron chi connectivity index (χ0n) is 17.3. The zero-order chi connectivity index (χ0) is 22.3. The molecule has 156 valence electrons. The molecule has 0 saturated heterocycles. The van der Waals surface area contributed by atoms with Crippen molar-refractivity contribution in [3.8, 4) is 11.1 Å². The number of nitrogens with zero attached hydrogens (tertiary/aromatic N) is 3. The average molecular weight is 419 g/mol. The van der Waals surface area contributed by atoms with Gasteiger partial charge in [0, 0.05) is 35.4 Å². The third-order valence-electron chi connectivity index (χ3n) is 4.88. The number of pyridine rings is 2. The van der Waals surface area contributed by atoms with Crippen molar-refractivity contribution in [3.63, 3.8) is 0 Å². The maximum Gasteiger partial charge on any atom is 0.323 e. The molecule has 2 aromatic heterocycles. The van der Waals surface area contributed by atoms with Crippen LogP contribution in [-0.4, -0.2) is 22.7 Å². The van der Waals surface area contributed by atoms with E-state index in [1.54, 1.807) is 24.8 Å². The van der Waals surface area contributed by atoms with Gasteiger partial charge >= 0.3 is 6.03 Å². The standard InChI is InChI=1S/C26H21N5O/c1-18(19-10-12-28-13-11-19)24-15-20(8-9-25(24)27-2)21-14-23(17-29-16-21)31-26(32)30-22-6-4-3-5-7-22/h3-17H,1-2H2,(H2,30,31,32). The van der Waals surface area contributed by atoms with Crippen LogP contribution in [-0.2, 0) is 0 Å². The zero-order valence-corrected chi connectivity index (χ0v) is 17.3. The minimum atomic E-state index is -0.340. The van der Waals surface area contributed by atoms with Crippen LogP contribution in [0.2, 0.25) is 0 Å². The molecule has 0 aliphatic heterocycles. The molecule has 0 fully saturated rings. The van der Waals surface area contributed by atoms with Crippen LogP contribution in [0.5, 0.6) is 0 Å². The summed E-state index contributed by atoms with van der Waals surface area (Å²) in [4.78, 5) is 24.8. The Morgan fingerprint density at radius 1 is 0.812 bits per heavy atom. The Kier molecular flexibility index (Phi) is 6.13. The van der Waals surface area contributed by atoms with Gasteiger partial charge in [-0.1, -0.05) is 30.8 Å². The van der Waals surface area contributed by atoms with Crippen LogP contribution in [0.25, 0.3) is 16.7 Å². The molecule has 2 N–H and O–H groups in total. The Hall–Kier alpha value is -4.58. The lowest BCUT2D eigenvalue weighted by molar-refractivity contribution is 0.262. The van der Waals surface area contributed by atoms with Crippen molar-refractivity contribution in [2.75, 3.05) is 10.6 Å². The Balaban J connectivity index is 1.59. The van der Waals surface area contributed by atoms with Gasteiger partial charge in [-0.25, -0.2) is 4.79 Å². The number of hydrogen-bond donors (Lipinski definition) is 2. The number of rotatable bonds is 6. The van der Waals surface area contributed by atoms with Crippen molar-refractivity contribution in [1.29, 1.82) is 0 Å². The van der Waals surface area contributed by atoms with Crippen LogP contribution in [0, 0.1) is 0 Å². The molecule has 6 heteroatoms. The van der Waals surface area contributed by atoms with Crippen molar-refractivity contribution in [3.05, 3.63) is 109 Å². The first kappa shape index (κ1) is 20.7. The van der Waals surface area contributed by atoms with Crippen molar-refractivity contribution in [2.24, 2.45) is 4.99 Å². The molecular weight excluding hydrogens is 398 g/mol. The van der Waals surface area contributed by atoms with Gasteiger partial charge in [0.15, 0.2) is 0 Å². The topological polar surface area (TPSA) is 79.3 Å². The monoisotopic (exact) mass is 419 g/mol. The SMILES string of the molecule is C=Nc1ccc(-c2cncc(NC(=O)Nc3ccccc3)c2)cc1C(=C)c1ccncc1. The number of aromatic nitrogens is 2. The summed E-state index contributed by atoms with van der Waals surface area (Å²) in [5.74, 6) is 0. The first-order valence-electron chi connectivity index (χ1n) is 9.93. The highest BCUT2D eigenvalue weighted by molar-refractivity contribution is 6.00. The fourth-order valence-corrected chi connectivity index (χ4v) is 3.28. The number of carbonyl (C=O) groups is 1. The summed E-state index contributed by atoms with van der Waals surface area (Å²) in [6, 6.07) is 20.4. The molecule has 4 rings (SSSR count). The normalized spacial score (nSPS) is 10.2. The largest absolute Gasteiger partial charge is 0.323 e. The second-order valence-electron chi connectivity index (χ2n) is 7.01. The molecule has 0 aliphatic carbocycles. The molecule has 0 bridgehead atoms. The third kappa shape index (κ3) is 4.76. The lowest BCUT2D eigenvalue weighted by Crippen LogP contribution is -2.19. The summed E-state index contributed by atoms with van der Waals surface area (Å²) in [5, 5.41) is 5.61. The third-order valence-corrected chi connectivity index (χ3v) is 4.88. The summed E-state index contributed by atoms with van der Waals surface area (Å²) in [7, 11) is 0. The van der Waals surface area contributed by atoms with E-state index in [1.165, 1.54) is 0 Å². The average Bonchev–Trinajstić information content (AvgIpc) is 2.84. The van der Waals surface area contributed by atoms with Crippen LogP contribution >= 0.6 is 0 Å². The van der Waals surface area contributed by atoms with Gasteiger partial charge in [-0.3, -0.25) is 15.0 Å². The van der Waals surface area contributed by atoms with Gasteiger partial charge in [-0.2, -0.15) is 0 Å². The predicted octanol–water partition coefficient (Wildman–Crippen LogP) is 6.18. The van der Waals surface area contributed by atoms with Crippen molar-refractivity contribution in [1.82, 2.24) is 9.97 Å². The molecule has 0 saturated carbocycles. The van der Waals surface area contributed by atoms with Gasteiger partial charge in [-0.05, 0) is 65.9 Å². The minimum absolute atomic E-state index is 0.340. The first-order chi connectivity index (χ1) is 15.6. The van der Waals surface area contributed by atoms with E-state index in [4.69, 9.17) is 0 Å². The molecule has 0 radical (unpaired) electrons. The predicted molar refractivity (Wildman–Crippen MR) is 130 cm³/mol. The van der Waals surface area contributed by atoms with Crippen molar-refractivity contribution < 1.29 is 4.79 Å². The van der Waals surface area contributed by atoms with E-state index in [0.29, 0.717) is 11.4 Å². The molecule has 0 spiro atoms. The molecule has 2 amide bonds. The van der Waals surface area contributed by atoms with E-state index in [1.807, 2.05) is 66.7 Å². The van der Waals surface area contributed by atoms with Crippen LogP contribution in [0.15, 0.2) is 103 Å². The highest BCUT2D eigenvalue weighted by atomic mass is 16.2. The van der Waals surface area contributed by atoms with E-state index in [0.717, 1.165) is 33.5 Å². The lowest BCUT2D eigenvalue weighted by atomic mass is 9.95. The molecule has 0 atom stereocenters. The summed E-state index contributed by atoms with van der Waals surface area (Å²) in [6.07, 6.45) is 6.80. The number of para-hydroxylation sites is 1. The molecule has 4 aromatic rings. The van der Waals surface area contributed by atoms with Crippen LogP contribution < -0.4 is 10.6 Å². The van der Waals surface area contributed by atoms with E-state index >= 15 is 0 Å². The van der Waals surface area contributed by atoms with Gasteiger partial charge in [-0.15, -0.1) is 0 Å². The van der Waals surface area contributed by atoms with E-state index in [2.05, 4.69) is 38.9 Å². The van der Waals surface area contributed by atoms with Gasteiger partial charge < -0.3 is 10.6 Å². The summed E-state index contributed by atoms with van der Waals surface area (Å²) in [5.41, 5.74) is 6.43. The molecule has 2 aromatic carbocycles. The molecule has 0 aliphatic rings. The van der Waals surface area contributed by atoms with Crippen LogP contribution in [0.1, 0.15) is 11.1 Å². The molecule has 0 unspecified atom stereocenters. The minimum Gasteiger partial charge on any atom is -0.308 e. The number of hydrogen-bond acceptors (Lipinski definition) is 4. The Labute approximate surface area is 186 Å². The molecule has 32 heavy (non-hydrogen) atoms. The second kappa shape index (κ2) is 9.49. The number of anilines is 2. The van der Waals surface area contributed by atoms with Gasteiger partial charge in [0.25, 0.3) is 0 Å². The number of benzene rings is 2.